The van der Waals surface area contributed by atoms with Gasteiger partial charge in [-0.25, -0.2) is 0 Å². The van der Waals surface area contributed by atoms with E-state index in [1.165, 1.54) is 0 Å². The zero-order valence-electron chi connectivity index (χ0n) is 14.1. The van der Waals surface area contributed by atoms with Crippen LogP contribution in [0.1, 0.15) is 21.5 Å². The van der Waals surface area contributed by atoms with Gasteiger partial charge in [0.25, 0.3) is 5.91 Å². The van der Waals surface area contributed by atoms with Crippen LogP contribution in [-0.4, -0.2) is 21.6 Å². The van der Waals surface area contributed by atoms with Crippen LogP contribution in [0.2, 0.25) is 0 Å². The number of para-hydroxylation sites is 2. The molecule has 26 heavy (non-hydrogen) atoms. The molecular formula is C19H19N5O2. The molecule has 0 saturated carbocycles. The molecule has 132 valence electrons. The third kappa shape index (κ3) is 4.27. The molecule has 1 heterocycles. The van der Waals surface area contributed by atoms with Crippen molar-refractivity contribution in [1.82, 2.24) is 9.78 Å². The van der Waals surface area contributed by atoms with E-state index in [-0.39, 0.29) is 18.2 Å². The normalized spacial score (nSPS) is 10.5. The van der Waals surface area contributed by atoms with Crippen LogP contribution in [0.3, 0.4) is 0 Å². The second-order valence-corrected chi connectivity index (χ2v) is 5.93. The van der Waals surface area contributed by atoms with E-state index in [1.54, 1.807) is 41.3 Å². The Kier molecular flexibility index (Phi) is 4.98. The molecule has 3 aromatic rings. The first-order valence-electron chi connectivity index (χ1n) is 8.05. The molecule has 3 rings (SSSR count). The van der Waals surface area contributed by atoms with Gasteiger partial charge in [-0.15, -0.1) is 0 Å². The lowest BCUT2D eigenvalue weighted by Gasteiger charge is -2.08. The van der Waals surface area contributed by atoms with Crippen molar-refractivity contribution in [3.63, 3.8) is 0 Å². The van der Waals surface area contributed by atoms with E-state index in [0.717, 1.165) is 11.1 Å². The van der Waals surface area contributed by atoms with Crippen molar-refractivity contribution in [3.8, 4) is 0 Å². The standard InChI is InChI=1S/C19H19N5O2/c20-16-3-1-2-4-17(16)23-19(26)15-7-5-13(6-8-15)11-24-12-14(10-22-24)9-18(21)25/h1-8,10,12H,9,11,20H2,(H2,21,25)(H,23,26). The van der Waals surface area contributed by atoms with Crippen LogP contribution in [-0.2, 0) is 17.8 Å². The van der Waals surface area contributed by atoms with Crippen LogP contribution in [0.5, 0.6) is 0 Å². The fourth-order valence-electron chi connectivity index (χ4n) is 2.54. The topological polar surface area (TPSA) is 116 Å². The van der Waals surface area contributed by atoms with Gasteiger partial charge in [0.1, 0.15) is 0 Å². The Morgan fingerprint density at radius 1 is 1.04 bits per heavy atom. The molecule has 0 aliphatic carbocycles. The van der Waals surface area contributed by atoms with Crippen LogP contribution in [0, 0.1) is 0 Å². The highest BCUT2D eigenvalue weighted by Gasteiger charge is 2.08. The van der Waals surface area contributed by atoms with Crippen molar-refractivity contribution in [2.45, 2.75) is 13.0 Å². The summed E-state index contributed by atoms with van der Waals surface area (Å²) in [6, 6.07) is 14.3. The van der Waals surface area contributed by atoms with Gasteiger partial charge in [-0.1, -0.05) is 24.3 Å². The van der Waals surface area contributed by atoms with Gasteiger partial charge < -0.3 is 16.8 Å². The first-order chi connectivity index (χ1) is 12.5. The Hall–Kier alpha value is -3.61. The van der Waals surface area contributed by atoms with Gasteiger partial charge in [0, 0.05) is 11.8 Å². The number of carbonyl (C=O) groups excluding carboxylic acids is 2. The van der Waals surface area contributed by atoms with Gasteiger partial charge in [-0.3, -0.25) is 14.3 Å². The van der Waals surface area contributed by atoms with Crippen molar-refractivity contribution < 1.29 is 9.59 Å². The molecule has 2 aromatic carbocycles. The Balaban J connectivity index is 1.64. The molecule has 7 nitrogen and oxygen atoms in total. The first-order valence-corrected chi connectivity index (χ1v) is 8.05. The average Bonchev–Trinajstić information content (AvgIpc) is 3.03. The van der Waals surface area contributed by atoms with Crippen molar-refractivity contribution in [2.24, 2.45) is 5.73 Å². The zero-order valence-corrected chi connectivity index (χ0v) is 14.1. The molecule has 0 aliphatic rings. The summed E-state index contributed by atoms with van der Waals surface area (Å²) in [5, 5.41) is 7.00. The summed E-state index contributed by atoms with van der Waals surface area (Å²) in [6.45, 7) is 0.534. The third-order valence-electron chi connectivity index (χ3n) is 3.83. The number of hydrogen-bond acceptors (Lipinski definition) is 4. The molecular weight excluding hydrogens is 330 g/mol. The number of nitrogens with zero attached hydrogens (tertiary/aromatic N) is 2. The van der Waals surface area contributed by atoms with E-state index in [2.05, 4.69) is 10.4 Å². The third-order valence-corrected chi connectivity index (χ3v) is 3.83. The van der Waals surface area contributed by atoms with Crippen LogP contribution < -0.4 is 16.8 Å². The summed E-state index contributed by atoms with van der Waals surface area (Å²) in [7, 11) is 0. The van der Waals surface area contributed by atoms with E-state index in [9.17, 15) is 9.59 Å². The number of nitrogens with two attached hydrogens (primary N) is 2. The molecule has 1 aromatic heterocycles. The Morgan fingerprint density at radius 3 is 2.46 bits per heavy atom. The number of hydrogen-bond donors (Lipinski definition) is 3. The smallest absolute Gasteiger partial charge is 0.255 e. The molecule has 0 fully saturated rings. The van der Waals surface area contributed by atoms with E-state index in [4.69, 9.17) is 11.5 Å². The van der Waals surface area contributed by atoms with Gasteiger partial charge in [-0.2, -0.15) is 5.10 Å². The van der Waals surface area contributed by atoms with Crippen LogP contribution in [0.4, 0.5) is 11.4 Å². The predicted molar refractivity (Wildman–Crippen MR) is 99.5 cm³/mol. The van der Waals surface area contributed by atoms with Crippen molar-refractivity contribution in [1.29, 1.82) is 0 Å². The van der Waals surface area contributed by atoms with Gasteiger partial charge >= 0.3 is 0 Å². The number of aromatic nitrogens is 2. The summed E-state index contributed by atoms with van der Waals surface area (Å²) in [5.41, 5.74) is 14.4. The highest BCUT2D eigenvalue weighted by molar-refractivity contribution is 6.05. The molecule has 0 spiro atoms. The quantitative estimate of drug-likeness (QED) is 0.588. The largest absolute Gasteiger partial charge is 0.397 e. The zero-order chi connectivity index (χ0) is 18.5. The second kappa shape index (κ2) is 7.52. The lowest BCUT2D eigenvalue weighted by Crippen LogP contribution is -2.13. The number of carbonyl (C=O) groups is 2. The summed E-state index contributed by atoms with van der Waals surface area (Å²) in [5.74, 6) is -0.615. The predicted octanol–water partition coefficient (Wildman–Crippen LogP) is 1.79. The molecule has 0 unspecified atom stereocenters. The number of rotatable bonds is 6. The second-order valence-electron chi connectivity index (χ2n) is 5.93. The number of amides is 2. The fraction of sp³-hybridized carbons (Fsp3) is 0.105. The maximum absolute atomic E-state index is 12.3. The van der Waals surface area contributed by atoms with Crippen molar-refractivity contribution in [2.75, 3.05) is 11.1 Å². The molecule has 0 aliphatic heterocycles. The molecule has 7 heteroatoms. The maximum Gasteiger partial charge on any atom is 0.255 e. The van der Waals surface area contributed by atoms with E-state index in [0.29, 0.717) is 23.5 Å². The Labute approximate surface area is 150 Å². The minimum absolute atomic E-state index is 0.168. The van der Waals surface area contributed by atoms with E-state index >= 15 is 0 Å². The summed E-state index contributed by atoms with van der Waals surface area (Å²) < 4.78 is 1.72. The molecule has 0 atom stereocenters. The van der Waals surface area contributed by atoms with Crippen LogP contribution in [0.25, 0.3) is 0 Å². The molecule has 2 amide bonds. The monoisotopic (exact) mass is 349 g/mol. The highest BCUT2D eigenvalue weighted by Crippen LogP contribution is 2.18. The summed E-state index contributed by atoms with van der Waals surface area (Å²) in [6.07, 6.45) is 3.57. The van der Waals surface area contributed by atoms with Gasteiger partial charge in [-0.05, 0) is 35.4 Å². The van der Waals surface area contributed by atoms with E-state index in [1.807, 2.05) is 24.3 Å². The van der Waals surface area contributed by atoms with E-state index < -0.39 is 0 Å². The van der Waals surface area contributed by atoms with Crippen molar-refractivity contribution >= 4 is 23.2 Å². The van der Waals surface area contributed by atoms with Gasteiger partial charge in [0.15, 0.2) is 0 Å². The molecule has 0 bridgehead atoms. The molecule has 0 saturated heterocycles. The lowest BCUT2D eigenvalue weighted by atomic mass is 10.1. The number of nitrogens with one attached hydrogen (secondary N) is 1. The minimum atomic E-state index is -0.390. The van der Waals surface area contributed by atoms with Gasteiger partial charge in [0.2, 0.25) is 5.91 Å². The van der Waals surface area contributed by atoms with Gasteiger partial charge in [0.05, 0.1) is 30.5 Å². The first kappa shape index (κ1) is 17.2. The Morgan fingerprint density at radius 2 is 1.77 bits per heavy atom. The average molecular weight is 349 g/mol. The van der Waals surface area contributed by atoms with Crippen molar-refractivity contribution in [3.05, 3.63) is 77.6 Å². The van der Waals surface area contributed by atoms with Crippen LogP contribution in [0.15, 0.2) is 60.9 Å². The highest BCUT2D eigenvalue weighted by atomic mass is 16.2. The fourth-order valence-corrected chi connectivity index (χ4v) is 2.54. The molecule has 0 radical (unpaired) electrons. The number of anilines is 2. The number of primary amides is 1. The maximum atomic E-state index is 12.3. The summed E-state index contributed by atoms with van der Waals surface area (Å²) >= 11 is 0. The number of benzene rings is 2. The number of nitrogen functional groups attached to an aromatic ring is 1. The SMILES string of the molecule is NC(=O)Cc1cnn(Cc2ccc(C(=O)Nc3ccccc3N)cc2)c1. The minimum Gasteiger partial charge on any atom is -0.397 e. The molecule has 5 N–H and O–H groups in total. The lowest BCUT2D eigenvalue weighted by molar-refractivity contribution is -0.117. The summed E-state index contributed by atoms with van der Waals surface area (Å²) in [4.78, 5) is 23.2. The Bertz CT molecular complexity index is 931. The van der Waals surface area contributed by atoms with Crippen LogP contribution >= 0.6 is 0 Å².